The van der Waals surface area contributed by atoms with E-state index in [0.29, 0.717) is 35.0 Å². The molecule has 0 heterocycles. The molecule has 0 aliphatic carbocycles. The first-order valence-corrected chi connectivity index (χ1v) is 10.9. The zero-order chi connectivity index (χ0) is 25.0. The van der Waals surface area contributed by atoms with Gasteiger partial charge in [-0.1, -0.05) is 29.8 Å². The number of carbonyl (C=O) groups is 3. The molecule has 0 radical (unpaired) electrons. The molecule has 9 nitrogen and oxygen atoms in total. The second-order valence-electron chi connectivity index (χ2n) is 7.35. The molecular formula is C26H26N4O5. The maximum atomic E-state index is 12.1. The number of rotatable bonds is 9. The van der Waals surface area contributed by atoms with Gasteiger partial charge >= 0.3 is 11.8 Å². The van der Waals surface area contributed by atoms with Crippen molar-refractivity contribution in [2.45, 2.75) is 13.8 Å². The van der Waals surface area contributed by atoms with Crippen LogP contribution < -0.4 is 25.5 Å². The molecule has 180 valence electrons. The molecule has 0 aliphatic heterocycles. The van der Waals surface area contributed by atoms with Crippen molar-refractivity contribution in [3.05, 3.63) is 83.9 Å². The topological polar surface area (TPSA) is 118 Å². The molecule has 3 N–H and O–H groups in total. The second-order valence-corrected chi connectivity index (χ2v) is 7.35. The van der Waals surface area contributed by atoms with Gasteiger partial charge in [0, 0.05) is 5.69 Å². The van der Waals surface area contributed by atoms with E-state index in [-0.39, 0.29) is 12.5 Å². The van der Waals surface area contributed by atoms with E-state index in [1.165, 1.54) is 6.21 Å². The van der Waals surface area contributed by atoms with Gasteiger partial charge in [0.15, 0.2) is 6.61 Å². The monoisotopic (exact) mass is 474 g/mol. The Morgan fingerprint density at radius 1 is 0.857 bits per heavy atom. The summed E-state index contributed by atoms with van der Waals surface area (Å²) in [5.74, 6) is -1.11. The van der Waals surface area contributed by atoms with Gasteiger partial charge in [0.1, 0.15) is 11.5 Å². The number of anilines is 2. The van der Waals surface area contributed by atoms with Crippen LogP contribution in [0.3, 0.4) is 0 Å². The van der Waals surface area contributed by atoms with Crippen molar-refractivity contribution in [1.82, 2.24) is 5.43 Å². The molecule has 35 heavy (non-hydrogen) atoms. The zero-order valence-corrected chi connectivity index (χ0v) is 19.4. The fourth-order valence-corrected chi connectivity index (χ4v) is 2.88. The summed E-state index contributed by atoms with van der Waals surface area (Å²) in [5.41, 5.74) is 5.03. The zero-order valence-electron chi connectivity index (χ0n) is 19.4. The van der Waals surface area contributed by atoms with Crippen LogP contribution in [0, 0.1) is 6.92 Å². The van der Waals surface area contributed by atoms with Gasteiger partial charge in [0.25, 0.3) is 5.91 Å². The van der Waals surface area contributed by atoms with Crippen molar-refractivity contribution in [1.29, 1.82) is 0 Å². The van der Waals surface area contributed by atoms with Gasteiger partial charge in [-0.15, -0.1) is 0 Å². The van der Waals surface area contributed by atoms with Gasteiger partial charge in [-0.05, 0) is 67.9 Å². The Bertz CT molecular complexity index is 1190. The Kier molecular flexibility index (Phi) is 8.95. The number of carbonyl (C=O) groups excluding carboxylic acids is 3. The third kappa shape index (κ3) is 8.01. The molecule has 0 fully saturated rings. The van der Waals surface area contributed by atoms with Gasteiger partial charge in [0.2, 0.25) is 0 Å². The lowest BCUT2D eigenvalue weighted by Crippen LogP contribution is -2.32. The molecule has 3 rings (SSSR count). The molecule has 0 saturated carbocycles. The number of hydrazone groups is 1. The van der Waals surface area contributed by atoms with Crippen molar-refractivity contribution < 1.29 is 23.9 Å². The molecule has 3 aromatic rings. The van der Waals surface area contributed by atoms with E-state index in [2.05, 4.69) is 21.2 Å². The summed E-state index contributed by atoms with van der Waals surface area (Å²) in [4.78, 5) is 36.2. The number of nitrogens with one attached hydrogen (secondary N) is 3. The fourth-order valence-electron chi connectivity index (χ4n) is 2.88. The predicted molar refractivity (Wildman–Crippen MR) is 134 cm³/mol. The number of hydrogen-bond acceptors (Lipinski definition) is 6. The van der Waals surface area contributed by atoms with Gasteiger partial charge in [-0.25, -0.2) is 5.43 Å². The van der Waals surface area contributed by atoms with Crippen molar-refractivity contribution in [2.75, 3.05) is 23.8 Å². The Balaban J connectivity index is 1.44. The highest BCUT2D eigenvalue weighted by molar-refractivity contribution is 6.39. The van der Waals surface area contributed by atoms with E-state index < -0.39 is 11.8 Å². The van der Waals surface area contributed by atoms with Gasteiger partial charge in [-0.2, -0.15) is 5.10 Å². The lowest BCUT2D eigenvalue weighted by Gasteiger charge is -2.10. The molecule has 0 bridgehead atoms. The van der Waals surface area contributed by atoms with Crippen LogP contribution in [-0.2, 0) is 14.4 Å². The minimum absolute atomic E-state index is 0.140. The normalized spacial score (nSPS) is 10.5. The summed E-state index contributed by atoms with van der Waals surface area (Å²) < 4.78 is 10.9. The quantitative estimate of drug-likeness (QED) is 0.249. The van der Waals surface area contributed by atoms with E-state index in [1.54, 1.807) is 48.5 Å². The number of aryl methyl sites for hydroxylation is 1. The highest BCUT2D eigenvalue weighted by Crippen LogP contribution is 2.23. The first kappa shape index (κ1) is 25.0. The third-order valence-corrected chi connectivity index (χ3v) is 4.61. The standard InChI is InChI=1S/C26H26N4O5/c1-3-34-23-7-5-4-6-22(23)29-25(32)26(33)30-27-16-19-10-14-21(15-11-19)35-17-24(31)28-20-12-8-18(2)9-13-20/h4-16H,3,17H2,1-2H3,(H,28,31)(H,29,32)(H,30,33)/b27-16-. The second kappa shape index (κ2) is 12.5. The van der Waals surface area contributed by atoms with E-state index in [0.717, 1.165) is 5.56 Å². The molecule has 0 saturated heterocycles. The number of nitrogens with zero attached hydrogens (tertiary/aromatic N) is 1. The van der Waals surface area contributed by atoms with Crippen molar-refractivity contribution in [2.24, 2.45) is 5.10 Å². The molecule has 3 aromatic carbocycles. The smallest absolute Gasteiger partial charge is 0.329 e. The summed E-state index contributed by atoms with van der Waals surface area (Å²) in [6.45, 7) is 4.08. The number of para-hydroxylation sites is 2. The van der Waals surface area contributed by atoms with Crippen molar-refractivity contribution in [3.8, 4) is 11.5 Å². The SMILES string of the molecule is CCOc1ccccc1NC(=O)C(=O)N/N=C\c1ccc(OCC(=O)Nc2ccc(C)cc2)cc1. The molecule has 0 atom stereocenters. The van der Waals surface area contributed by atoms with Crippen molar-refractivity contribution in [3.63, 3.8) is 0 Å². The van der Waals surface area contributed by atoms with E-state index in [1.807, 2.05) is 38.1 Å². The molecule has 9 heteroatoms. The van der Waals surface area contributed by atoms with Crippen LogP contribution in [0.5, 0.6) is 11.5 Å². The Morgan fingerprint density at radius 3 is 2.29 bits per heavy atom. The summed E-state index contributed by atoms with van der Waals surface area (Å²) in [5, 5.41) is 9.05. The van der Waals surface area contributed by atoms with Crippen LogP contribution in [0.25, 0.3) is 0 Å². The molecule has 0 aromatic heterocycles. The van der Waals surface area contributed by atoms with Crippen LogP contribution in [-0.4, -0.2) is 37.1 Å². The van der Waals surface area contributed by atoms with E-state index in [9.17, 15) is 14.4 Å². The van der Waals surface area contributed by atoms with Gasteiger partial charge < -0.3 is 20.1 Å². The summed E-state index contributed by atoms with van der Waals surface area (Å²) in [6.07, 6.45) is 1.38. The van der Waals surface area contributed by atoms with E-state index >= 15 is 0 Å². The lowest BCUT2D eigenvalue weighted by molar-refractivity contribution is -0.136. The third-order valence-electron chi connectivity index (χ3n) is 4.61. The average Bonchev–Trinajstić information content (AvgIpc) is 2.86. The first-order chi connectivity index (χ1) is 16.9. The molecule has 0 unspecified atom stereocenters. The molecule has 0 aliphatic rings. The Hall–Kier alpha value is -4.66. The summed E-state index contributed by atoms with van der Waals surface area (Å²) >= 11 is 0. The largest absolute Gasteiger partial charge is 0.492 e. The van der Waals surface area contributed by atoms with Crippen LogP contribution >= 0.6 is 0 Å². The highest BCUT2D eigenvalue weighted by atomic mass is 16.5. The number of ether oxygens (including phenoxy) is 2. The number of hydrogen-bond donors (Lipinski definition) is 3. The van der Waals surface area contributed by atoms with Crippen LogP contribution in [0.4, 0.5) is 11.4 Å². The average molecular weight is 475 g/mol. The van der Waals surface area contributed by atoms with Crippen LogP contribution in [0.15, 0.2) is 77.9 Å². The molecule has 3 amide bonds. The molecule has 0 spiro atoms. The summed E-state index contributed by atoms with van der Waals surface area (Å²) in [7, 11) is 0. The lowest BCUT2D eigenvalue weighted by atomic mass is 10.2. The molecular weight excluding hydrogens is 448 g/mol. The van der Waals surface area contributed by atoms with E-state index in [4.69, 9.17) is 9.47 Å². The Morgan fingerprint density at radius 2 is 1.57 bits per heavy atom. The van der Waals surface area contributed by atoms with Gasteiger partial charge in [0.05, 0.1) is 18.5 Å². The first-order valence-electron chi connectivity index (χ1n) is 10.9. The number of amides is 3. The predicted octanol–water partition coefficient (Wildman–Crippen LogP) is 3.50. The van der Waals surface area contributed by atoms with Gasteiger partial charge in [-0.3, -0.25) is 14.4 Å². The maximum absolute atomic E-state index is 12.1. The summed E-state index contributed by atoms with van der Waals surface area (Å²) in [6, 6.07) is 21.0. The minimum Gasteiger partial charge on any atom is -0.492 e. The fraction of sp³-hybridized carbons (Fsp3) is 0.154. The minimum atomic E-state index is -0.924. The number of benzene rings is 3. The highest BCUT2D eigenvalue weighted by Gasteiger charge is 2.15. The van der Waals surface area contributed by atoms with Crippen LogP contribution in [0.2, 0.25) is 0 Å². The Labute approximate surface area is 203 Å². The van der Waals surface area contributed by atoms with Crippen LogP contribution in [0.1, 0.15) is 18.1 Å². The van der Waals surface area contributed by atoms with Crippen molar-refractivity contribution >= 4 is 35.3 Å². The maximum Gasteiger partial charge on any atom is 0.329 e.